The molecule has 1 unspecified atom stereocenters. The van der Waals surface area contributed by atoms with E-state index in [4.69, 9.17) is 132 Å². The van der Waals surface area contributed by atoms with Crippen molar-refractivity contribution in [3.8, 4) is 0 Å². The van der Waals surface area contributed by atoms with Gasteiger partial charge in [0.1, 0.15) is 85.3 Å². The van der Waals surface area contributed by atoms with E-state index in [2.05, 4.69) is 61.9 Å². The maximum Gasteiger partial charge on any atom is 0.237 e. The molecule has 4 fully saturated rings. The van der Waals surface area contributed by atoms with E-state index in [0.29, 0.717) is 0 Å². The summed E-state index contributed by atoms with van der Waals surface area (Å²) in [5.41, 5.74) is 103. The molecule has 49 heteroatoms. The second-order valence-electron chi connectivity index (χ2n) is 26.4. The zero-order valence-corrected chi connectivity index (χ0v) is 60.1. The summed E-state index contributed by atoms with van der Waals surface area (Å²) in [6.45, 7) is -1.81. The normalized spacial score (nSPS) is 29.1. The standard InChI is InChI=1S/C59H118N30O19/c60-23(7-1-13-78-54(66)67)45(97)84-20-31-37(92)39(94)34(88-49(101)27(64)11-5-17-82-58(74)75)51(103-31)106-42-30(87-48(100)26(63)10-4-16-81-57(72)73)19-29(86-47(99)25(62)9-3-15-80-56(70)71)36(91)44(42)108-53-41(96)43(33(22-90)105-53)107-52-35(89-50(102)28(65)12-6-18-83-59(76)77)40(95)38(93)32(104-52)21-85-46(98)24(61)8-2-14-79-55(68)69/h23-44,51-53,90-96H,1-22,60-65H2,(H,84,97)(H,85,98)(H,86,99)(H,87,100)(H,88,101)(H,89,102)(H4,66,67,78)(H4,68,69,79)(H4,70,71,80)(H4,72,73,81)(H4,74,75,82)(H4,76,77,83)/t23-,24-,25-,26-,27-,28-,29+,30-,31+,32-,33+,34+,35+,36-,37+,38+,39+,40+,41+,42+,43+,44+,51+,52?,53-/m0/s1. The molecule has 1 saturated carbocycles. The van der Waals surface area contributed by atoms with Gasteiger partial charge < -0.3 is 199 Å². The Bertz CT molecular complexity index is 3000. The van der Waals surface area contributed by atoms with Crippen molar-refractivity contribution in [2.45, 2.75) is 236 Å². The lowest BCUT2D eigenvalue weighted by atomic mass is 9.82. The van der Waals surface area contributed by atoms with Crippen LogP contribution in [0.2, 0.25) is 0 Å². The van der Waals surface area contributed by atoms with Crippen LogP contribution in [-0.2, 0) is 57.2 Å². The van der Waals surface area contributed by atoms with Gasteiger partial charge in [-0.1, -0.05) is 0 Å². The molecule has 0 spiro atoms. The Morgan fingerprint density at radius 1 is 0.343 bits per heavy atom. The number of nitrogens with zero attached hydrogens (tertiary/aromatic N) is 6. The molecular formula is C59H118N30O19. The number of hydrogen-bond acceptors (Lipinski definition) is 31. The Morgan fingerprint density at radius 3 is 0.935 bits per heavy atom. The van der Waals surface area contributed by atoms with Crippen molar-refractivity contribution in [2.75, 3.05) is 59.0 Å². The monoisotopic (exact) mass is 1550 g/mol. The largest absolute Gasteiger partial charge is 0.394 e. The molecule has 4 rings (SSSR count). The molecule has 25 atom stereocenters. The van der Waals surface area contributed by atoms with E-state index in [-0.39, 0.29) is 152 Å². The summed E-state index contributed by atoms with van der Waals surface area (Å²) in [5, 5.41) is 99.5. The van der Waals surface area contributed by atoms with Gasteiger partial charge in [-0.3, -0.25) is 58.7 Å². The first-order valence-electron chi connectivity index (χ1n) is 35.2. The number of nitrogens with two attached hydrogens (primary N) is 18. The average Bonchev–Trinajstić information content (AvgIpc) is 1.43. The number of carbonyl (C=O) groups is 6. The minimum absolute atomic E-state index is 0.0252. The number of aliphatic hydroxyl groups is 7. The van der Waals surface area contributed by atoms with Crippen molar-refractivity contribution in [3.63, 3.8) is 0 Å². The molecule has 618 valence electrons. The highest BCUT2D eigenvalue weighted by Crippen LogP contribution is 2.36. The van der Waals surface area contributed by atoms with Crippen LogP contribution >= 0.6 is 0 Å². The van der Waals surface area contributed by atoms with Gasteiger partial charge in [0, 0.05) is 52.4 Å². The predicted molar refractivity (Wildman–Crippen MR) is 389 cm³/mol. The Morgan fingerprint density at radius 2 is 0.620 bits per heavy atom. The second kappa shape index (κ2) is 46.3. The van der Waals surface area contributed by atoms with E-state index in [1.807, 2.05) is 0 Å². The van der Waals surface area contributed by atoms with E-state index in [9.17, 15) is 64.5 Å². The van der Waals surface area contributed by atoms with Crippen molar-refractivity contribution in [1.82, 2.24) is 31.9 Å². The van der Waals surface area contributed by atoms with Crippen molar-refractivity contribution in [2.24, 2.45) is 133 Å². The molecule has 0 radical (unpaired) electrons. The molecule has 0 aromatic heterocycles. The number of aliphatic imine (C=N–C) groups is 6. The van der Waals surface area contributed by atoms with Crippen LogP contribution in [0, 0.1) is 0 Å². The van der Waals surface area contributed by atoms with E-state index in [1.54, 1.807) is 0 Å². The molecule has 49 nitrogen and oxygen atoms in total. The summed E-state index contributed by atoms with van der Waals surface area (Å²) in [4.78, 5) is 107. The van der Waals surface area contributed by atoms with Crippen molar-refractivity contribution < 1.29 is 92.9 Å². The van der Waals surface area contributed by atoms with E-state index in [1.165, 1.54) is 0 Å². The molecule has 3 saturated heterocycles. The highest BCUT2D eigenvalue weighted by atomic mass is 16.8. The van der Waals surface area contributed by atoms with E-state index >= 15 is 0 Å². The van der Waals surface area contributed by atoms with E-state index < -0.39 is 214 Å². The molecule has 3 heterocycles. The van der Waals surface area contributed by atoms with Crippen LogP contribution in [0.25, 0.3) is 0 Å². The zero-order chi connectivity index (χ0) is 80.6. The van der Waals surface area contributed by atoms with Gasteiger partial charge in [0.25, 0.3) is 0 Å². The number of amides is 6. The third-order valence-electron chi connectivity index (χ3n) is 17.8. The molecule has 0 bridgehead atoms. The molecule has 108 heavy (non-hydrogen) atoms. The number of hydrogen-bond donors (Lipinski definition) is 31. The van der Waals surface area contributed by atoms with Crippen LogP contribution in [0.5, 0.6) is 0 Å². The zero-order valence-electron chi connectivity index (χ0n) is 60.1. The van der Waals surface area contributed by atoms with Crippen LogP contribution in [0.15, 0.2) is 30.0 Å². The van der Waals surface area contributed by atoms with Gasteiger partial charge in [-0.25, -0.2) is 0 Å². The maximum atomic E-state index is 14.5. The minimum Gasteiger partial charge on any atom is -0.394 e. The summed E-state index contributed by atoms with van der Waals surface area (Å²) < 4.78 is 38.4. The second-order valence-corrected chi connectivity index (χ2v) is 26.4. The maximum absolute atomic E-state index is 14.5. The number of carbonyl (C=O) groups excluding carboxylic acids is 6. The number of guanidine groups is 6. The first-order valence-corrected chi connectivity index (χ1v) is 35.2. The third kappa shape index (κ3) is 30.3. The summed E-state index contributed by atoms with van der Waals surface area (Å²) in [5.74, 6) is -6.57. The van der Waals surface area contributed by atoms with Gasteiger partial charge in [-0.05, 0) is 83.5 Å². The molecule has 6 amide bonds. The summed E-state index contributed by atoms with van der Waals surface area (Å²) >= 11 is 0. The first-order chi connectivity index (χ1) is 50.9. The number of aliphatic hydroxyl groups excluding tert-OH is 7. The lowest BCUT2D eigenvalue weighted by Gasteiger charge is -2.49. The highest BCUT2D eigenvalue weighted by molar-refractivity contribution is 5.85. The predicted octanol–water partition coefficient (Wildman–Crippen LogP) is -17.7. The highest BCUT2D eigenvalue weighted by Gasteiger charge is 2.57. The molecule has 49 N–H and O–H groups in total. The lowest BCUT2D eigenvalue weighted by Crippen LogP contribution is -2.71. The van der Waals surface area contributed by atoms with Gasteiger partial charge >= 0.3 is 0 Å². The molecule has 4 aliphatic rings. The number of nitrogens with one attached hydrogen (secondary N) is 6. The SMILES string of the molecule is NC(N)=NCCC[C@H](N)C(=O)NC[C@@H]1OC(O[C@H]2[C@@H](O)[C@H](O[C@@H]3[C@@H](O)[C@H](NC(=O)[C@@H](N)CCCN=C(N)N)C[C@H](NC(=O)[C@@H](N)CCCN=C(N)N)[C@H]3O[C@H]3O[C@H](CNC(=O)[C@@H](N)CCCN=C(N)N)[C@@H](O)[C@H](O)[C@H]3NC(=O)[C@@H](N)CCCN=C(N)N)O[C@@H]2CO)[C@H](NC(=O)[C@@H](N)CCCN=C(N)N)[C@@H](O)[C@@H]1O. The molecule has 0 aromatic rings. The summed E-state index contributed by atoms with van der Waals surface area (Å²) in [7, 11) is 0. The fourth-order valence-electron chi connectivity index (χ4n) is 11.8. The Hall–Kier alpha value is -8.32. The van der Waals surface area contributed by atoms with Crippen LogP contribution < -0.4 is 135 Å². The molecule has 0 aromatic carbocycles. The van der Waals surface area contributed by atoms with Gasteiger partial charge in [0.05, 0.1) is 54.9 Å². The van der Waals surface area contributed by atoms with Gasteiger partial charge in [-0.15, -0.1) is 0 Å². The fraction of sp³-hybridized carbons (Fsp3) is 0.797. The van der Waals surface area contributed by atoms with Gasteiger partial charge in [0.15, 0.2) is 54.6 Å². The van der Waals surface area contributed by atoms with Crippen LogP contribution in [0.3, 0.4) is 0 Å². The number of rotatable bonds is 45. The topological polar surface area (TPSA) is 914 Å². The van der Waals surface area contributed by atoms with Crippen LogP contribution in [-0.4, -0.2) is 318 Å². The summed E-state index contributed by atoms with van der Waals surface area (Å²) in [6.07, 6.45) is -28.9. The molecular weight excluding hydrogens is 1430 g/mol. The fourth-order valence-corrected chi connectivity index (χ4v) is 11.8. The first kappa shape index (κ1) is 92.1. The molecule has 3 aliphatic heterocycles. The quantitative estimate of drug-likeness (QED) is 0.0153. The molecule has 1 aliphatic carbocycles. The smallest absolute Gasteiger partial charge is 0.237 e. The number of ether oxygens (including phenoxy) is 6. The Kier molecular flexibility index (Phi) is 39.4. The summed E-state index contributed by atoms with van der Waals surface area (Å²) in [6, 6.07) is -14.6. The van der Waals surface area contributed by atoms with E-state index in [0.717, 1.165) is 0 Å². The Balaban J connectivity index is 1.91. The lowest BCUT2D eigenvalue weighted by molar-refractivity contribution is -0.311. The van der Waals surface area contributed by atoms with Crippen molar-refractivity contribution in [3.05, 3.63) is 0 Å². The Labute approximate surface area is 622 Å². The average molecular weight is 1550 g/mol. The van der Waals surface area contributed by atoms with Crippen LogP contribution in [0.4, 0.5) is 0 Å². The van der Waals surface area contributed by atoms with Crippen LogP contribution in [0.1, 0.15) is 83.5 Å². The third-order valence-corrected chi connectivity index (χ3v) is 17.8. The van der Waals surface area contributed by atoms with Gasteiger partial charge in [-0.2, -0.15) is 0 Å². The van der Waals surface area contributed by atoms with Crippen molar-refractivity contribution in [1.29, 1.82) is 0 Å². The van der Waals surface area contributed by atoms with Crippen molar-refractivity contribution >= 4 is 71.2 Å². The van der Waals surface area contributed by atoms with Gasteiger partial charge in [0.2, 0.25) is 35.4 Å². The minimum atomic E-state index is -2.19.